The van der Waals surface area contributed by atoms with Gasteiger partial charge in [0, 0.05) is 18.7 Å². The van der Waals surface area contributed by atoms with Crippen molar-refractivity contribution in [3.05, 3.63) is 35.2 Å². The predicted molar refractivity (Wildman–Crippen MR) is 94.2 cm³/mol. The summed E-state index contributed by atoms with van der Waals surface area (Å²) in [7, 11) is 0. The number of hydrogen-bond acceptors (Lipinski definition) is 4. The van der Waals surface area contributed by atoms with Crippen LogP contribution < -0.4 is 0 Å². The Balaban J connectivity index is 1.93. The van der Waals surface area contributed by atoms with Crippen LogP contribution in [0.3, 0.4) is 0 Å². The number of nitrogens with zero attached hydrogens (tertiary/aromatic N) is 3. The molecule has 0 radical (unpaired) electrons. The molecule has 3 rings (SSSR count). The summed E-state index contributed by atoms with van der Waals surface area (Å²) in [6, 6.07) is 5.63. The number of carbonyl (C=O) groups excluding carboxylic acids is 1. The summed E-state index contributed by atoms with van der Waals surface area (Å²) in [6.45, 7) is 9.43. The van der Waals surface area contributed by atoms with Crippen LogP contribution >= 0.6 is 0 Å². The number of hydrogen-bond donors (Lipinski definition) is 0. The summed E-state index contributed by atoms with van der Waals surface area (Å²) in [5.41, 5.74) is 4.38. The van der Waals surface area contributed by atoms with Gasteiger partial charge in [-0.05, 0) is 44.9 Å². The Hall–Kier alpha value is -2.01. The predicted octanol–water partition coefficient (Wildman–Crippen LogP) is 3.00. The molecule has 1 aromatic carbocycles. The van der Waals surface area contributed by atoms with Gasteiger partial charge in [-0.3, -0.25) is 4.79 Å². The Morgan fingerprint density at radius 2 is 1.67 bits per heavy atom. The second-order valence-electron chi connectivity index (χ2n) is 6.50. The molecular weight excluding hydrogens is 302 g/mol. The zero-order valence-electron chi connectivity index (χ0n) is 14.9. The van der Waals surface area contributed by atoms with Gasteiger partial charge in [0.25, 0.3) is 5.91 Å². The molecule has 0 N–H and O–H groups in total. The lowest BCUT2D eigenvalue weighted by Crippen LogP contribution is -2.48. The summed E-state index contributed by atoms with van der Waals surface area (Å²) >= 11 is 0. The molecule has 1 amide bonds. The fourth-order valence-corrected chi connectivity index (χ4v) is 3.35. The molecule has 2 aromatic rings. The van der Waals surface area contributed by atoms with Crippen molar-refractivity contribution in [2.45, 2.75) is 52.7 Å². The van der Waals surface area contributed by atoms with Crippen molar-refractivity contribution in [2.24, 2.45) is 0 Å². The number of benzene rings is 1. The van der Waals surface area contributed by atoms with E-state index >= 15 is 0 Å². The molecule has 0 saturated carbocycles. The minimum absolute atomic E-state index is 0.0401. The van der Waals surface area contributed by atoms with E-state index in [0.29, 0.717) is 18.7 Å². The molecule has 1 fully saturated rings. The highest BCUT2D eigenvalue weighted by atomic mass is 16.5. The van der Waals surface area contributed by atoms with E-state index in [1.807, 2.05) is 36.9 Å². The average molecular weight is 327 g/mol. The topological polar surface area (TPSA) is 55.3 Å². The third kappa shape index (κ3) is 3.26. The minimum Gasteiger partial charge on any atom is -0.372 e. The highest BCUT2D eigenvalue weighted by molar-refractivity contribution is 5.97. The first-order chi connectivity index (χ1) is 11.5. The highest BCUT2D eigenvalue weighted by Crippen LogP contribution is 2.19. The summed E-state index contributed by atoms with van der Waals surface area (Å²) < 4.78 is 5.71. The van der Waals surface area contributed by atoms with E-state index in [1.54, 1.807) is 0 Å². The summed E-state index contributed by atoms with van der Waals surface area (Å²) in [4.78, 5) is 24.1. The molecule has 24 heavy (non-hydrogen) atoms. The van der Waals surface area contributed by atoms with Crippen molar-refractivity contribution in [1.82, 2.24) is 14.9 Å². The first-order valence-corrected chi connectivity index (χ1v) is 8.76. The second kappa shape index (κ2) is 6.85. The van der Waals surface area contributed by atoms with Crippen molar-refractivity contribution in [3.8, 4) is 0 Å². The number of morpholine rings is 1. The molecule has 5 nitrogen and oxygen atoms in total. The lowest BCUT2D eigenvalue weighted by atomic mass is 10.1. The minimum atomic E-state index is 0.0401. The quantitative estimate of drug-likeness (QED) is 0.869. The first kappa shape index (κ1) is 16.8. The number of aryl methyl sites for hydroxylation is 2. The monoisotopic (exact) mass is 327 g/mol. The third-order valence-corrected chi connectivity index (χ3v) is 4.44. The Kier molecular flexibility index (Phi) is 4.81. The average Bonchev–Trinajstić information content (AvgIpc) is 2.58. The Labute approximate surface area is 143 Å². The molecule has 5 heteroatoms. The molecule has 1 aromatic heterocycles. The van der Waals surface area contributed by atoms with Crippen LogP contribution in [0.2, 0.25) is 0 Å². The molecular formula is C19H25N3O2. The van der Waals surface area contributed by atoms with Crippen LogP contribution in [0.5, 0.6) is 0 Å². The molecule has 1 saturated heterocycles. The van der Waals surface area contributed by atoms with E-state index in [9.17, 15) is 4.79 Å². The van der Waals surface area contributed by atoms with Crippen LogP contribution in [0.15, 0.2) is 18.2 Å². The lowest BCUT2D eigenvalue weighted by molar-refractivity contribution is -0.0586. The molecule has 0 spiro atoms. The van der Waals surface area contributed by atoms with Crippen molar-refractivity contribution in [2.75, 3.05) is 13.1 Å². The van der Waals surface area contributed by atoms with Gasteiger partial charge in [-0.15, -0.1) is 0 Å². The van der Waals surface area contributed by atoms with E-state index in [1.165, 1.54) is 0 Å². The van der Waals surface area contributed by atoms with Gasteiger partial charge in [0.2, 0.25) is 0 Å². The maximum absolute atomic E-state index is 12.8. The Bertz CT molecular complexity index is 750. The summed E-state index contributed by atoms with van der Waals surface area (Å²) in [5.74, 6) is 0.0401. The van der Waals surface area contributed by atoms with Gasteiger partial charge in [0.15, 0.2) is 0 Å². The number of carbonyl (C=O) groups is 1. The van der Waals surface area contributed by atoms with Gasteiger partial charge >= 0.3 is 0 Å². The van der Waals surface area contributed by atoms with Crippen LogP contribution in [0.4, 0.5) is 0 Å². The van der Waals surface area contributed by atoms with Crippen molar-refractivity contribution in [1.29, 1.82) is 0 Å². The van der Waals surface area contributed by atoms with Crippen molar-refractivity contribution < 1.29 is 9.53 Å². The zero-order valence-corrected chi connectivity index (χ0v) is 14.9. The number of amides is 1. The fraction of sp³-hybridized carbons (Fsp3) is 0.526. The molecule has 2 unspecified atom stereocenters. The molecule has 0 bridgehead atoms. The van der Waals surface area contributed by atoms with Gasteiger partial charge in [-0.1, -0.05) is 13.8 Å². The molecule has 2 atom stereocenters. The first-order valence-electron chi connectivity index (χ1n) is 8.76. The van der Waals surface area contributed by atoms with Crippen LogP contribution in [0.25, 0.3) is 11.0 Å². The maximum atomic E-state index is 12.8. The van der Waals surface area contributed by atoms with Crippen LogP contribution in [0, 0.1) is 0 Å². The fourth-order valence-electron chi connectivity index (χ4n) is 3.35. The second-order valence-corrected chi connectivity index (χ2v) is 6.50. The normalized spacial score (nSPS) is 21.2. The standard InChI is InChI=1S/C19H25N3O2/c1-5-15-16(6-2)21-18-9-14(7-8-17(18)20-15)19(23)22-10-12(3)24-13(4)11-22/h7-9,12-13H,5-6,10-11H2,1-4H3. The van der Waals surface area contributed by atoms with Crippen LogP contribution in [-0.2, 0) is 17.6 Å². The summed E-state index contributed by atoms with van der Waals surface area (Å²) in [5, 5.41) is 0. The smallest absolute Gasteiger partial charge is 0.254 e. The Morgan fingerprint density at radius 1 is 1.08 bits per heavy atom. The molecule has 0 aliphatic carbocycles. The molecule has 1 aliphatic heterocycles. The van der Waals surface area contributed by atoms with Crippen LogP contribution in [-0.4, -0.2) is 46.1 Å². The number of rotatable bonds is 3. The summed E-state index contributed by atoms with van der Waals surface area (Å²) in [6.07, 6.45) is 1.85. The number of fused-ring (bicyclic) bond motifs is 1. The van der Waals surface area contributed by atoms with Crippen LogP contribution in [0.1, 0.15) is 49.4 Å². The van der Waals surface area contributed by atoms with Gasteiger partial charge in [0.1, 0.15) is 0 Å². The van der Waals surface area contributed by atoms with Gasteiger partial charge in [-0.2, -0.15) is 0 Å². The Morgan fingerprint density at radius 3 is 2.25 bits per heavy atom. The zero-order chi connectivity index (χ0) is 17.3. The molecule has 128 valence electrons. The van der Waals surface area contributed by atoms with E-state index in [0.717, 1.165) is 35.3 Å². The van der Waals surface area contributed by atoms with Gasteiger partial charge in [0.05, 0.1) is 34.6 Å². The number of ether oxygens (including phenoxy) is 1. The van der Waals surface area contributed by atoms with Gasteiger partial charge < -0.3 is 9.64 Å². The molecule has 2 heterocycles. The van der Waals surface area contributed by atoms with E-state index in [4.69, 9.17) is 14.7 Å². The SMILES string of the molecule is CCc1nc2ccc(C(=O)N3CC(C)OC(C)C3)cc2nc1CC. The van der Waals surface area contributed by atoms with Crippen molar-refractivity contribution in [3.63, 3.8) is 0 Å². The number of aromatic nitrogens is 2. The van der Waals surface area contributed by atoms with E-state index in [-0.39, 0.29) is 18.1 Å². The maximum Gasteiger partial charge on any atom is 0.254 e. The van der Waals surface area contributed by atoms with Crippen molar-refractivity contribution >= 4 is 16.9 Å². The lowest BCUT2D eigenvalue weighted by Gasteiger charge is -2.35. The third-order valence-electron chi connectivity index (χ3n) is 4.44. The highest BCUT2D eigenvalue weighted by Gasteiger charge is 2.26. The van der Waals surface area contributed by atoms with E-state index < -0.39 is 0 Å². The van der Waals surface area contributed by atoms with Gasteiger partial charge in [-0.25, -0.2) is 9.97 Å². The van der Waals surface area contributed by atoms with E-state index in [2.05, 4.69) is 13.8 Å². The largest absolute Gasteiger partial charge is 0.372 e. The molecule has 1 aliphatic rings.